The lowest BCUT2D eigenvalue weighted by molar-refractivity contribution is -0.149. The average molecular weight is 736 g/mol. The van der Waals surface area contributed by atoms with Crippen LogP contribution in [0.15, 0.2) is 0 Å². The summed E-state index contributed by atoms with van der Waals surface area (Å²) in [5.41, 5.74) is 0. The lowest BCUT2D eigenvalue weighted by Crippen LogP contribution is -2.44. The summed E-state index contributed by atoms with van der Waals surface area (Å²) in [4.78, 5) is 32.5. The van der Waals surface area contributed by atoms with E-state index >= 15 is 0 Å². The fourth-order valence-electron chi connectivity index (χ4n) is 7.34. The van der Waals surface area contributed by atoms with E-state index in [4.69, 9.17) is 9.47 Å². The van der Waals surface area contributed by atoms with Crippen molar-refractivity contribution in [1.29, 1.82) is 0 Å². The van der Waals surface area contributed by atoms with E-state index in [-0.39, 0.29) is 23.8 Å². The molecule has 0 aliphatic carbocycles. The van der Waals surface area contributed by atoms with E-state index in [0.29, 0.717) is 13.2 Å². The van der Waals surface area contributed by atoms with Crippen molar-refractivity contribution in [2.45, 2.75) is 195 Å². The van der Waals surface area contributed by atoms with E-state index in [1.54, 1.807) is 0 Å². The fraction of sp³-hybridized carbons (Fsp3) is 0.956. The molecule has 0 radical (unpaired) electrons. The van der Waals surface area contributed by atoms with E-state index in [1.165, 1.54) is 181 Å². The van der Waals surface area contributed by atoms with Gasteiger partial charge in [-0.3, -0.25) is 9.59 Å². The lowest BCUT2D eigenvalue weighted by Gasteiger charge is -2.32. The zero-order valence-electron chi connectivity index (χ0n) is 35.6. The highest BCUT2D eigenvalue weighted by molar-refractivity contribution is 5.72. The topological polar surface area (TPSA) is 62.3 Å². The third-order valence-electron chi connectivity index (χ3n) is 11.3. The molecule has 1 aliphatic heterocycles. The van der Waals surface area contributed by atoms with Crippen LogP contribution in [-0.4, -0.2) is 99.3 Å². The van der Waals surface area contributed by atoms with Crippen LogP contribution in [0.2, 0.25) is 0 Å². The van der Waals surface area contributed by atoms with Gasteiger partial charge in [-0.15, -0.1) is 0 Å². The Morgan fingerprint density at radius 2 is 0.865 bits per heavy atom. The second kappa shape index (κ2) is 35.5. The quantitative estimate of drug-likeness (QED) is 0.0465. The summed E-state index contributed by atoms with van der Waals surface area (Å²) >= 11 is 0. The number of nitrogens with zero attached hydrogens (tertiary/aromatic N) is 3. The first-order valence-electron chi connectivity index (χ1n) is 22.8. The summed E-state index contributed by atoms with van der Waals surface area (Å²) in [6, 6.07) is 0. The molecule has 1 rings (SSSR count). The van der Waals surface area contributed by atoms with Gasteiger partial charge in [-0.05, 0) is 84.6 Å². The summed E-state index contributed by atoms with van der Waals surface area (Å²) < 4.78 is 11.1. The Labute approximate surface area is 324 Å². The van der Waals surface area contributed by atoms with E-state index in [2.05, 4.69) is 35.6 Å². The number of esters is 2. The van der Waals surface area contributed by atoms with Crippen molar-refractivity contribution in [3.63, 3.8) is 0 Å². The molecule has 0 N–H and O–H groups in total. The molecule has 0 bridgehead atoms. The number of unbranched alkanes of at least 4 members (excludes halogenated alkanes) is 19. The Bertz CT molecular complexity index is 803. The van der Waals surface area contributed by atoms with Crippen LogP contribution in [0.1, 0.15) is 195 Å². The van der Waals surface area contributed by atoms with Crippen molar-refractivity contribution in [2.75, 3.05) is 72.6 Å². The Kier molecular flexibility index (Phi) is 33.4. The van der Waals surface area contributed by atoms with Crippen LogP contribution in [-0.2, 0) is 19.1 Å². The highest BCUT2D eigenvalue weighted by Crippen LogP contribution is 2.16. The zero-order valence-corrected chi connectivity index (χ0v) is 35.6. The standard InChI is InChI=1S/C45H89N3O4/c1-6-8-10-12-21-29-41-52-45(50)43(4)31-23-17-15-19-25-33-47(34-26-27-35-48-38-36-46(5)37-39-48)32-24-18-14-13-16-22-30-42(3)44(49)51-40-28-20-11-9-7-2/h42-43H,6-41H2,1-5H3. The van der Waals surface area contributed by atoms with E-state index in [9.17, 15) is 9.59 Å². The molecule has 0 saturated carbocycles. The minimum atomic E-state index is 0.00431. The van der Waals surface area contributed by atoms with E-state index in [1.807, 2.05) is 13.8 Å². The number of likely N-dealkylation sites (N-methyl/N-ethyl adjacent to an activating group) is 1. The first-order valence-corrected chi connectivity index (χ1v) is 22.8. The minimum absolute atomic E-state index is 0.00431. The Morgan fingerprint density at radius 1 is 0.500 bits per heavy atom. The van der Waals surface area contributed by atoms with Crippen LogP contribution < -0.4 is 0 Å². The van der Waals surface area contributed by atoms with Crippen molar-refractivity contribution in [1.82, 2.24) is 14.7 Å². The maximum Gasteiger partial charge on any atom is 0.308 e. The predicted octanol–water partition coefficient (Wildman–Crippen LogP) is 11.1. The molecule has 52 heavy (non-hydrogen) atoms. The highest BCUT2D eigenvalue weighted by atomic mass is 16.5. The molecule has 7 heteroatoms. The van der Waals surface area contributed by atoms with Crippen molar-refractivity contribution in [2.24, 2.45) is 11.8 Å². The third kappa shape index (κ3) is 29.2. The number of rotatable bonds is 37. The lowest BCUT2D eigenvalue weighted by atomic mass is 10.0. The van der Waals surface area contributed by atoms with Crippen LogP contribution in [0.25, 0.3) is 0 Å². The Hall–Kier alpha value is -1.18. The minimum Gasteiger partial charge on any atom is -0.465 e. The molecule has 1 aliphatic rings. The Morgan fingerprint density at radius 3 is 1.31 bits per heavy atom. The van der Waals surface area contributed by atoms with Gasteiger partial charge in [0.15, 0.2) is 0 Å². The van der Waals surface area contributed by atoms with Crippen molar-refractivity contribution in [3.05, 3.63) is 0 Å². The largest absolute Gasteiger partial charge is 0.465 e. The average Bonchev–Trinajstić information content (AvgIpc) is 3.14. The molecule has 0 amide bonds. The van der Waals surface area contributed by atoms with Crippen molar-refractivity contribution < 1.29 is 19.1 Å². The van der Waals surface area contributed by atoms with Gasteiger partial charge in [0.1, 0.15) is 0 Å². The third-order valence-corrected chi connectivity index (χ3v) is 11.3. The summed E-state index contributed by atoms with van der Waals surface area (Å²) in [7, 11) is 2.24. The molecule has 0 aromatic rings. The van der Waals surface area contributed by atoms with Gasteiger partial charge in [0.25, 0.3) is 0 Å². The molecular formula is C45H89N3O4. The number of ether oxygens (including phenoxy) is 2. The van der Waals surface area contributed by atoms with Gasteiger partial charge in [0.05, 0.1) is 25.0 Å². The molecular weight excluding hydrogens is 647 g/mol. The van der Waals surface area contributed by atoms with Crippen LogP contribution in [0, 0.1) is 11.8 Å². The number of carbonyl (C=O) groups is 2. The summed E-state index contributed by atoms with van der Waals surface area (Å²) in [5.74, 6) is 0.0765. The SMILES string of the molecule is CCCCCCCCOC(=O)C(C)CCCCCCCN(CCCCCCCCC(C)C(=O)OCCCCCCC)CCCCN1CCN(C)CC1. The van der Waals surface area contributed by atoms with Crippen molar-refractivity contribution in [3.8, 4) is 0 Å². The van der Waals surface area contributed by atoms with E-state index in [0.717, 1.165) is 38.5 Å². The number of carbonyl (C=O) groups excluding carboxylic acids is 2. The zero-order chi connectivity index (χ0) is 37.9. The maximum atomic E-state index is 12.4. The summed E-state index contributed by atoms with van der Waals surface area (Å²) in [6.07, 6.45) is 31.6. The number of piperazine rings is 1. The molecule has 1 saturated heterocycles. The van der Waals surface area contributed by atoms with Gasteiger partial charge in [0.2, 0.25) is 0 Å². The highest BCUT2D eigenvalue weighted by Gasteiger charge is 2.16. The molecule has 7 nitrogen and oxygen atoms in total. The van der Waals surface area contributed by atoms with Gasteiger partial charge in [-0.1, -0.05) is 143 Å². The smallest absolute Gasteiger partial charge is 0.308 e. The van der Waals surface area contributed by atoms with Gasteiger partial charge >= 0.3 is 11.9 Å². The first kappa shape index (κ1) is 48.8. The van der Waals surface area contributed by atoms with Gasteiger partial charge in [-0.2, -0.15) is 0 Å². The second-order valence-corrected chi connectivity index (χ2v) is 16.5. The van der Waals surface area contributed by atoms with Crippen LogP contribution in [0.4, 0.5) is 0 Å². The molecule has 1 heterocycles. The fourth-order valence-corrected chi connectivity index (χ4v) is 7.34. The molecule has 0 aromatic heterocycles. The van der Waals surface area contributed by atoms with E-state index < -0.39 is 0 Å². The number of hydrogen-bond donors (Lipinski definition) is 0. The first-order chi connectivity index (χ1) is 25.4. The predicted molar refractivity (Wildman–Crippen MR) is 222 cm³/mol. The monoisotopic (exact) mass is 736 g/mol. The molecule has 308 valence electrons. The normalized spacial score (nSPS) is 15.3. The molecule has 1 fully saturated rings. The molecule has 0 aromatic carbocycles. The maximum absolute atomic E-state index is 12.4. The van der Waals surface area contributed by atoms with Crippen LogP contribution in [0.3, 0.4) is 0 Å². The van der Waals surface area contributed by atoms with Crippen LogP contribution >= 0.6 is 0 Å². The molecule has 2 unspecified atom stereocenters. The summed E-state index contributed by atoms with van der Waals surface area (Å²) in [5, 5.41) is 0. The summed E-state index contributed by atoms with van der Waals surface area (Å²) in [6.45, 7) is 19.5. The van der Waals surface area contributed by atoms with Gasteiger partial charge in [-0.25, -0.2) is 0 Å². The van der Waals surface area contributed by atoms with Crippen LogP contribution in [0.5, 0.6) is 0 Å². The number of hydrogen-bond acceptors (Lipinski definition) is 7. The van der Waals surface area contributed by atoms with Crippen molar-refractivity contribution >= 4 is 11.9 Å². The molecule has 0 spiro atoms. The van der Waals surface area contributed by atoms with Gasteiger partial charge < -0.3 is 24.2 Å². The molecule has 2 atom stereocenters. The second-order valence-electron chi connectivity index (χ2n) is 16.5. The van der Waals surface area contributed by atoms with Gasteiger partial charge in [0, 0.05) is 26.2 Å². The Balaban J connectivity index is 2.20.